The predicted octanol–water partition coefficient (Wildman–Crippen LogP) is 5.23. The van der Waals surface area contributed by atoms with Crippen molar-refractivity contribution in [1.29, 1.82) is 0 Å². The van der Waals surface area contributed by atoms with Crippen molar-refractivity contribution in [3.63, 3.8) is 0 Å². The fraction of sp³-hybridized carbons (Fsp3) is 0.333. The standard InChI is InChI=1S/C15H15F4NS/c1-8(2)14(20)13-6-5-12(21-13)9-3-4-11(16)10(7-9)15(17,18)19/h3-8,14H,20H2,1-2H3. The van der Waals surface area contributed by atoms with Crippen molar-refractivity contribution in [3.8, 4) is 10.4 Å². The molecule has 2 aromatic rings. The molecule has 21 heavy (non-hydrogen) atoms. The zero-order valence-corrected chi connectivity index (χ0v) is 12.4. The van der Waals surface area contributed by atoms with E-state index in [1.54, 1.807) is 12.1 Å². The molecule has 1 aromatic carbocycles. The van der Waals surface area contributed by atoms with Gasteiger partial charge < -0.3 is 5.73 Å². The van der Waals surface area contributed by atoms with Crippen molar-refractivity contribution in [2.45, 2.75) is 26.1 Å². The van der Waals surface area contributed by atoms with Gasteiger partial charge >= 0.3 is 6.18 Å². The second-order valence-electron chi connectivity index (χ2n) is 5.16. The molecule has 0 aliphatic rings. The van der Waals surface area contributed by atoms with Gasteiger partial charge in [-0.1, -0.05) is 19.9 Å². The molecule has 0 saturated heterocycles. The number of hydrogen-bond donors (Lipinski definition) is 1. The largest absolute Gasteiger partial charge is 0.419 e. The number of alkyl halides is 3. The third kappa shape index (κ3) is 3.44. The Balaban J connectivity index is 2.40. The SMILES string of the molecule is CC(C)C(N)c1ccc(-c2ccc(F)c(C(F)(F)F)c2)s1. The molecule has 0 saturated carbocycles. The van der Waals surface area contributed by atoms with E-state index in [0.29, 0.717) is 10.4 Å². The molecule has 1 heterocycles. The van der Waals surface area contributed by atoms with Gasteiger partial charge in [0.1, 0.15) is 5.82 Å². The van der Waals surface area contributed by atoms with Gasteiger partial charge in [0.15, 0.2) is 0 Å². The quantitative estimate of drug-likeness (QED) is 0.771. The van der Waals surface area contributed by atoms with Gasteiger partial charge in [-0.25, -0.2) is 4.39 Å². The molecule has 0 amide bonds. The highest BCUT2D eigenvalue weighted by Crippen LogP contribution is 2.37. The van der Waals surface area contributed by atoms with Crippen LogP contribution in [0.4, 0.5) is 17.6 Å². The minimum atomic E-state index is -4.70. The van der Waals surface area contributed by atoms with Gasteiger partial charge in [0.2, 0.25) is 0 Å². The minimum absolute atomic E-state index is 0.161. The first-order chi connectivity index (χ1) is 9.70. The van der Waals surface area contributed by atoms with Crippen molar-refractivity contribution in [2.24, 2.45) is 11.7 Å². The van der Waals surface area contributed by atoms with Crippen LogP contribution in [0.25, 0.3) is 10.4 Å². The Morgan fingerprint density at radius 1 is 1.10 bits per heavy atom. The molecule has 6 heteroatoms. The van der Waals surface area contributed by atoms with E-state index in [4.69, 9.17) is 5.73 Å². The lowest BCUT2D eigenvalue weighted by molar-refractivity contribution is -0.139. The monoisotopic (exact) mass is 317 g/mol. The molecule has 1 atom stereocenters. The van der Waals surface area contributed by atoms with Crippen LogP contribution >= 0.6 is 11.3 Å². The maximum atomic E-state index is 13.3. The van der Waals surface area contributed by atoms with Gasteiger partial charge in [-0.15, -0.1) is 11.3 Å². The van der Waals surface area contributed by atoms with Crippen molar-refractivity contribution in [1.82, 2.24) is 0 Å². The van der Waals surface area contributed by atoms with Gasteiger partial charge in [-0.05, 0) is 35.7 Å². The van der Waals surface area contributed by atoms with Crippen LogP contribution in [0, 0.1) is 11.7 Å². The Labute approximate surface area is 124 Å². The van der Waals surface area contributed by atoms with Gasteiger partial charge in [0, 0.05) is 15.8 Å². The van der Waals surface area contributed by atoms with Crippen LogP contribution < -0.4 is 5.73 Å². The maximum absolute atomic E-state index is 13.3. The molecule has 1 nitrogen and oxygen atoms in total. The highest BCUT2D eigenvalue weighted by molar-refractivity contribution is 7.15. The minimum Gasteiger partial charge on any atom is -0.323 e. The van der Waals surface area contributed by atoms with Crippen molar-refractivity contribution < 1.29 is 17.6 Å². The molecule has 1 unspecified atom stereocenters. The summed E-state index contributed by atoms with van der Waals surface area (Å²) < 4.78 is 51.5. The molecule has 1 aromatic heterocycles. The van der Waals surface area contributed by atoms with Crippen molar-refractivity contribution in [2.75, 3.05) is 0 Å². The Kier molecular flexibility index (Phi) is 4.39. The van der Waals surface area contributed by atoms with Gasteiger partial charge in [0.05, 0.1) is 5.56 Å². The smallest absolute Gasteiger partial charge is 0.323 e. The maximum Gasteiger partial charge on any atom is 0.419 e. The lowest BCUT2D eigenvalue weighted by Crippen LogP contribution is -2.14. The summed E-state index contributed by atoms with van der Waals surface area (Å²) in [5.41, 5.74) is 5.12. The lowest BCUT2D eigenvalue weighted by atomic mass is 10.0. The number of nitrogens with two attached hydrogens (primary N) is 1. The Hall–Kier alpha value is -1.40. The molecule has 2 N–H and O–H groups in total. The second-order valence-corrected chi connectivity index (χ2v) is 6.28. The molecule has 0 fully saturated rings. The number of halogens is 4. The van der Waals surface area contributed by atoms with E-state index >= 15 is 0 Å². The first-order valence-electron chi connectivity index (χ1n) is 6.42. The van der Waals surface area contributed by atoms with Crippen LogP contribution in [0.1, 0.15) is 30.3 Å². The van der Waals surface area contributed by atoms with Gasteiger partial charge in [0.25, 0.3) is 0 Å². The molecule has 114 valence electrons. The van der Waals surface area contributed by atoms with Crippen LogP contribution in [0.3, 0.4) is 0 Å². The second kappa shape index (κ2) is 5.77. The average Bonchev–Trinajstić information content (AvgIpc) is 2.86. The van der Waals surface area contributed by atoms with Crippen LogP contribution in [0.5, 0.6) is 0 Å². The number of benzene rings is 1. The number of rotatable bonds is 3. The van der Waals surface area contributed by atoms with Crippen LogP contribution in [-0.4, -0.2) is 0 Å². The summed E-state index contributed by atoms with van der Waals surface area (Å²) in [6.07, 6.45) is -4.70. The highest BCUT2D eigenvalue weighted by Gasteiger charge is 2.34. The predicted molar refractivity (Wildman–Crippen MR) is 76.5 cm³/mol. The van der Waals surface area contributed by atoms with E-state index in [1.807, 2.05) is 13.8 Å². The molecule has 0 bridgehead atoms. The zero-order valence-electron chi connectivity index (χ0n) is 11.5. The van der Waals surface area contributed by atoms with Crippen LogP contribution in [0.2, 0.25) is 0 Å². The van der Waals surface area contributed by atoms with Crippen molar-refractivity contribution >= 4 is 11.3 Å². The van der Waals surface area contributed by atoms with E-state index in [0.717, 1.165) is 17.0 Å². The van der Waals surface area contributed by atoms with E-state index in [9.17, 15) is 17.6 Å². The normalized spacial score (nSPS) is 13.7. The topological polar surface area (TPSA) is 26.0 Å². The highest BCUT2D eigenvalue weighted by atomic mass is 32.1. The molecule has 2 rings (SSSR count). The van der Waals surface area contributed by atoms with Gasteiger partial charge in [-0.3, -0.25) is 0 Å². The first-order valence-corrected chi connectivity index (χ1v) is 7.24. The van der Waals surface area contributed by atoms with E-state index in [-0.39, 0.29) is 12.0 Å². The number of hydrogen-bond acceptors (Lipinski definition) is 2. The van der Waals surface area contributed by atoms with E-state index in [1.165, 1.54) is 17.4 Å². The molecular weight excluding hydrogens is 302 g/mol. The molecule has 0 aliphatic heterocycles. The summed E-state index contributed by atoms with van der Waals surface area (Å²) in [6, 6.07) is 6.40. The molecular formula is C15H15F4NS. The van der Waals surface area contributed by atoms with Crippen LogP contribution in [0.15, 0.2) is 30.3 Å². The Morgan fingerprint density at radius 2 is 1.76 bits per heavy atom. The lowest BCUT2D eigenvalue weighted by Gasteiger charge is -2.13. The summed E-state index contributed by atoms with van der Waals surface area (Å²) in [5.74, 6) is -1.03. The summed E-state index contributed by atoms with van der Waals surface area (Å²) in [7, 11) is 0. The summed E-state index contributed by atoms with van der Waals surface area (Å²) >= 11 is 1.33. The Bertz CT molecular complexity index is 631. The summed E-state index contributed by atoms with van der Waals surface area (Å²) in [5, 5.41) is 0. The fourth-order valence-corrected chi connectivity index (χ4v) is 3.09. The average molecular weight is 317 g/mol. The number of thiophene rings is 1. The Morgan fingerprint density at radius 3 is 2.33 bits per heavy atom. The van der Waals surface area contributed by atoms with E-state index in [2.05, 4.69) is 0 Å². The zero-order chi connectivity index (χ0) is 15.8. The fourth-order valence-electron chi connectivity index (χ4n) is 1.91. The van der Waals surface area contributed by atoms with Gasteiger partial charge in [-0.2, -0.15) is 13.2 Å². The molecule has 0 aliphatic carbocycles. The first kappa shape index (κ1) is 16.0. The molecule has 0 radical (unpaired) electrons. The summed E-state index contributed by atoms with van der Waals surface area (Å²) in [6.45, 7) is 3.95. The molecule has 0 spiro atoms. The third-order valence-electron chi connectivity index (χ3n) is 3.23. The third-order valence-corrected chi connectivity index (χ3v) is 4.47. The van der Waals surface area contributed by atoms with Crippen LogP contribution in [-0.2, 0) is 6.18 Å². The van der Waals surface area contributed by atoms with Crippen molar-refractivity contribution in [3.05, 3.63) is 46.6 Å². The summed E-state index contributed by atoms with van der Waals surface area (Å²) in [4.78, 5) is 1.55. The van der Waals surface area contributed by atoms with E-state index < -0.39 is 17.6 Å².